The van der Waals surface area contributed by atoms with Crippen LogP contribution < -0.4 is 10.6 Å². The Balaban J connectivity index is 2.12. The highest BCUT2D eigenvalue weighted by molar-refractivity contribution is 6.14. The van der Waals surface area contributed by atoms with Crippen molar-refractivity contribution >= 4 is 17.8 Å². The van der Waals surface area contributed by atoms with Crippen LogP contribution in [0.15, 0.2) is 4.99 Å². The highest BCUT2D eigenvalue weighted by Gasteiger charge is 2.30. The highest BCUT2D eigenvalue weighted by atomic mass is 16.2. The molecule has 0 radical (unpaired) electrons. The number of piperazine rings is 1. The van der Waals surface area contributed by atoms with Crippen molar-refractivity contribution in [1.82, 2.24) is 15.5 Å². The third kappa shape index (κ3) is 1.99. The first kappa shape index (κ1) is 10.1. The molecule has 6 heteroatoms. The van der Waals surface area contributed by atoms with Gasteiger partial charge in [-0.1, -0.05) is 0 Å². The summed E-state index contributed by atoms with van der Waals surface area (Å²) in [5.74, 6) is -0.864. The quantitative estimate of drug-likeness (QED) is 0.479. The van der Waals surface area contributed by atoms with Gasteiger partial charge in [0.2, 0.25) is 11.9 Å². The summed E-state index contributed by atoms with van der Waals surface area (Å²) < 4.78 is 0. The molecule has 1 saturated heterocycles. The summed E-state index contributed by atoms with van der Waals surface area (Å²) in [5.41, 5.74) is 0. The summed E-state index contributed by atoms with van der Waals surface area (Å²) in [4.78, 5) is 28.6. The predicted octanol–water partition coefficient (Wildman–Crippen LogP) is -1.46. The van der Waals surface area contributed by atoms with E-state index in [-0.39, 0.29) is 11.8 Å². The zero-order valence-electron chi connectivity index (χ0n) is 8.62. The molecule has 1 fully saturated rings. The molecule has 0 aliphatic carbocycles. The van der Waals surface area contributed by atoms with Crippen molar-refractivity contribution in [3.8, 4) is 0 Å². The maximum atomic E-state index is 11.4. The van der Waals surface area contributed by atoms with Gasteiger partial charge >= 0.3 is 0 Å². The molecule has 1 unspecified atom stereocenters. The van der Waals surface area contributed by atoms with Gasteiger partial charge in [0, 0.05) is 26.2 Å². The minimum atomic E-state index is -0.656. The molecule has 2 rings (SSSR count). The lowest BCUT2D eigenvalue weighted by Crippen LogP contribution is -2.55. The van der Waals surface area contributed by atoms with E-state index in [1.54, 1.807) is 6.92 Å². The molecule has 6 nitrogen and oxygen atoms in total. The van der Waals surface area contributed by atoms with Crippen LogP contribution in [-0.2, 0) is 9.59 Å². The maximum absolute atomic E-state index is 11.4. The third-order valence-electron chi connectivity index (χ3n) is 2.63. The van der Waals surface area contributed by atoms with Gasteiger partial charge < -0.3 is 10.2 Å². The lowest BCUT2D eigenvalue weighted by atomic mass is 10.1. The molecule has 0 aromatic heterocycles. The molecule has 82 valence electrons. The number of aliphatic imine (C=N–C) groups is 1. The van der Waals surface area contributed by atoms with Crippen molar-refractivity contribution in [3.05, 3.63) is 0 Å². The van der Waals surface area contributed by atoms with Gasteiger partial charge in [0.05, 0.1) is 0 Å². The SMILES string of the molecule is CC1C(=O)N=C(N2CCNCC2)NC1=O. The van der Waals surface area contributed by atoms with Crippen LogP contribution in [-0.4, -0.2) is 48.9 Å². The second-order valence-electron chi connectivity index (χ2n) is 3.72. The van der Waals surface area contributed by atoms with Gasteiger partial charge in [-0.15, -0.1) is 0 Å². The second-order valence-corrected chi connectivity index (χ2v) is 3.72. The number of hydrogen-bond donors (Lipinski definition) is 2. The Morgan fingerprint density at radius 1 is 1.33 bits per heavy atom. The van der Waals surface area contributed by atoms with Gasteiger partial charge in [-0.05, 0) is 6.92 Å². The van der Waals surface area contributed by atoms with Gasteiger partial charge in [0.15, 0.2) is 0 Å². The van der Waals surface area contributed by atoms with Crippen molar-refractivity contribution < 1.29 is 9.59 Å². The number of nitrogens with zero attached hydrogens (tertiary/aromatic N) is 2. The Hall–Kier alpha value is -1.43. The summed E-state index contributed by atoms with van der Waals surface area (Å²) >= 11 is 0. The van der Waals surface area contributed by atoms with E-state index in [9.17, 15) is 9.59 Å². The summed E-state index contributed by atoms with van der Waals surface area (Å²) in [6.07, 6.45) is 0. The molecule has 0 bridgehead atoms. The van der Waals surface area contributed by atoms with E-state index in [0.717, 1.165) is 26.2 Å². The molecule has 2 amide bonds. The summed E-state index contributed by atoms with van der Waals surface area (Å²) in [5, 5.41) is 5.85. The fourth-order valence-electron chi connectivity index (χ4n) is 1.59. The maximum Gasteiger partial charge on any atom is 0.261 e. The van der Waals surface area contributed by atoms with Crippen LogP contribution in [0.25, 0.3) is 0 Å². The van der Waals surface area contributed by atoms with E-state index in [2.05, 4.69) is 15.6 Å². The zero-order chi connectivity index (χ0) is 10.8. The van der Waals surface area contributed by atoms with E-state index in [1.807, 2.05) is 4.90 Å². The number of amides is 2. The Labute approximate surface area is 87.7 Å². The number of guanidine groups is 1. The van der Waals surface area contributed by atoms with Gasteiger partial charge in [0.25, 0.3) is 5.91 Å². The summed E-state index contributed by atoms with van der Waals surface area (Å²) in [7, 11) is 0. The Morgan fingerprint density at radius 2 is 2.00 bits per heavy atom. The predicted molar refractivity (Wildman–Crippen MR) is 54.2 cm³/mol. The number of rotatable bonds is 0. The molecule has 0 aromatic carbocycles. The first-order chi connectivity index (χ1) is 7.18. The van der Waals surface area contributed by atoms with Crippen molar-refractivity contribution in [2.75, 3.05) is 26.2 Å². The van der Waals surface area contributed by atoms with Crippen LogP contribution in [0.1, 0.15) is 6.92 Å². The lowest BCUT2D eigenvalue weighted by Gasteiger charge is -2.32. The molecule has 0 aromatic rings. The van der Waals surface area contributed by atoms with E-state index >= 15 is 0 Å². The monoisotopic (exact) mass is 210 g/mol. The average molecular weight is 210 g/mol. The molecule has 1 atom stereocenters. The van der Waals surface area contributed by atoms with Crippen molar-refractivity contribution in [2.45, 2.75) is 6.92 Å². The van der Waals surface area contributed by atoms with Gasteiger partial charge in [-0.2, -0.15) is 4.99 Å². The van der Waals surface area contributed by atoms with Crippen LogP contribution >= 0.6 is 0 Å². The van der Waals surface area contributed by atoms with Crippen molar-refractivity contribution in [1.29, 1.82) is 0 Å². The molecule has 2 aliphatic rings. The number of carbonyl (C=O) groups is 2. The zero-order valence-corrected chi connectivity index (χ0v) is 8.62. The molecule has 15 heavy (non-hydrogen) atoms. The smallest absolute Gasteiger partial charge is 0.261 e. The van der Waals surface area contributed by atoms with E-state index < -0.39 is 5.92 Å². The summed E-state index contributed by atoms with van der Waals surface area (Å²) in [6.45, 7) is 4.79. The first-order valence-electron chi connectivity index (χ1n) is 5.07. The molecule has 0 spiro atoms. The number of hydrogen-bond acceptors (Lipinski definition) is 4. The van der Waals surface area contributed by atoms with E-state index in [4.69, 9.17) is 0 Å². The lowest BCUT2D eigenvalue weighted by molar-refractivity contribution is -0.132. The Kier molecular flexibility index (Phi) is 2.68. The second kappa shape index (κ2) is 3.98. The fraction of sp³-hybridized carbons (Fsp3) is 0.667. The van der Waals surface area contributed by atoms with E-state index in [1.165, 1.54) is 0 Å². The molecule has 2 heterocycles. The largest absolute Gasteiger partial charge is 0.340 e. The number of carbonyl (C=O) groups excluding carboxylic acids is 2. The standard InChI is InChI=1S/C9H14N4O2/c1-6-7(14)11-9(12-8(6)15)13-4-2-10-3-5-13/h6,10H,2-5H2,1H3,(H,11,12,14,15). The van der Waals surface area contributed by atoms with Crippen molar-refractivity contribution in [2.24, 2.45) is 10.9 Å². The van der Waals surface area contributed by atoms with E-state index in [0.29, 0.717) is 5.96 Å². The van der Waals surface area contributed by atoms with Crippen molar-refractivity contribution in [3.63, 3.8) is 0 Å². The Morgan fingerprint density at radius 3 is 2.60 bits per heavy atom. The molecule has 2 N–H and O–H groups in total. The first-order valence-corrected chi connectivity index (χ1v) is 5.07. The van der Waals surface area contributed by atoms with Crippen LogP contribution in [0.4, 0.5) is 0 Å². The van der Waals surface area contributed by atoms with Gasteiger partial charge in [-0.25, -0.2) is 0 Å². The topological polar surface area (TPSA) is 73.8 Å². The third-order valence-corrected chi connectivity index (χ3v) is 2.63. The van der Waals surface area contributed by atoms with Crippen LogP contribution in [0, 0.1) is 5.92 Å². The van der Waals surface area contributed by atoms with Gasteiger partial charge in [-0.3, -0.25) is 14.9 Å². The molecular formula is C9H14N4O2. The van der Waals surface area contributed by atoms with Crippen LogP contribution in [0.3, 0.4) is 0 Å². The molecule has 2 aliphatic heterocycles. The fourth-order valence-corrected chi connectivity index (χ4v) is 1.59. The summed E-state index contributed by atoms with van der Waals surface area (Å²) in [6, 6.07) is 0. The van der Waals surface area contributed by atoms with Crippen LogP contribution in [0.2, 0.25) is 0 Å². The molecular weight excluding hydrogens is 196 g/mol. The van der Waals surface area contributed by atoms with Crippen LogP contribution in [0.5, 0.6) is 0 Å². The molecule has 0 saturated carbocycles. The minimum absolute atomic E-state index is 0.261. The van der Waals surface area contributed by atoms with Gasteiger partial charge in [0.1, 0.15) is 5.92 Å². The minimum Gasteiger partial charge on any atom is -0.340 e. The normalized spacial score (nSPS) is 27.4. The average Bonchev–Trinajstić information content (AvgIpc) is 2.26. The highest BCUT2D eigenvalue weighted by Crippen LogP contribution is 2.06. The number of nitrogens with one attached hydrogen (secondary N) is 2. The Bertz CT molecular complexity index is 320.